The molecule has 0 unspecified atom stereocenters. The zero-order valence-electron chi connectivity index (χ0n) is 12.8. The van der Waals surface area contributed by atoms with Gasteiger partial charge >= 0.3 is 0 Å². The van der Waals surface area contributed by atoms with Crippen molar-refractivity contribution in [2.24, 2.45) is 0 Å². The predicted molar refractivity (Wildman–Crippen MR) is 95.0 cm³/mol. The average Bonchev–Trinajstić information content (AvgIpc) is 3.11. The molecule has 2 N–H and O–H groups in total. The lowest BCUT2D eigenvalue weighted by molar-refractivity contribution is -0.134. The van der Waals surface area contributed by atoms with Crippen LogP contribution in [-0.4, -0.2) is 21.9 Å². The van der Waals surface area contributed by atoms with E-state index in [0.29, 0.717) is 0 Å². The Labute approximate surface area is 139 Å². The molecule has 0 fully saturated rings. The minimum atomic E-state index is -0.833. The zero-order valence-corrected chi connectivity index (χ0v) is 13.6. The fourth-order valence-corrected chi connectivity index (χ4v) is 3.66. The predicted octanol–water partition coefficient (Wildman–Crippen LogP) is 4.33. The molecule has 118 valence electrons. The van der Waals surface area contributed by atoms with E-state index in [9.17, 15) is 0 Å². The second-order valence-electron chi connectivity index (χ2n) is 5.34. The number of carboxylic acid groups (broad SMARTS) is 1. The summed E-state index contributed by atoms with van der Waals surface area (Å²) in [5, 5.41) is 8.71. The summed E-state index contributed by atoms with van der Waals surface area (Å²) in [6.45, 7) is 2.03. The second-order valence-corrected chi connectivity index (χ2v) is 6.33. The van der Waals surface area contributed by atoms with Crippen molar-refractivity contribution in [3.63, 3.8) is 0 Å². The molecule has 2 heterocycles. The number of hydrogen-bond acceptors (Lipinski definition) is 3. The van der Waals surface area contributed by atoms with Crippen molar-refractivity contribution in [1.29, 1.82) is 0 Å². The molecular weight excluding hydrogens is 308 g/mol. The van der Waals surface area contributed by atoms with Crippen LogP contribution in [-0.2, 0) is 11.3 Å². The molecular formula is C18H18N2O2S. The third-order valence-corrected chi connectivity index (χ3v) is 4.63. The van der Waals surface area contributed by atoms with E-state index in [1.165, 1.54) is 27.2 Å². The fraction of sp³-hybridized carbons (Fsp3) is 0.167. The van der Waals surface area contributed by atoms with Crippen LogP contribution in [0.15, 0.2) is 59.5 Å². The smallest absolute Gasteiger partial charge is 0.300 e. The summed E-state index contributed by atoms with van der Waals surface area (Å²) in [6.07, 6.45) is 0. The number of anilines is 1. The molecule has 0 atom stereocenters. The van der Waals surface area contributed by atoms with Crippen LogP contribution >= 0.6 is 11.8 Å². The van der Waals surface area contributed by atoms with Crippen molar-refractivity contribution >= 4 is 34.3 Å². The number of para-hydroxylation sites is 2. The second kappa shape index (κ2) is 6.79. The van der Waals surface area contributed by atoms with E-state index in [1.807, 2.05) is 11.8 Å². The maximum Gasteiger partial charge on any atom is 0.300 e. The highest BCUT2D eigenvalue weighted by Gasteiger charge is 2.19. The molecule has 4 rings (SSSR count). The Balaban J connectivity index is 0.000000354. The number of thioether (sulfide) groups is 1. The Bertz CT molecular complexity index is 792. The quantitative estimate of drug-likeness (QED) is 0.736. The number of carboxylic acids is 1. The lowest BCUT2D eigenvalue weighted by atomic mass is 10.2. The first-order chi connectivity index (χ1) is 11.1. The number of benzene rings is 2. The zero-order chi connectivity index (χ0) is 16.2. The van der Waals surface area contributed by atoms with Gasteiger partial charge in [0.25, 0.3) is 5.97 Å². The summed E-state index contributed by atoms with van der Waals surface area (Å²) in [4.78, 5) is 16.3. The lowest BCUT2D eigenvalue weighted by Crippen LogP contribution is -2.18. The van der Waals surface area contributed by atoms with Crippen molar-refractivity contribution in [3.8, 4) is 0 Å². The Morgan fingerprint density at radius 3 is 2.70 bits per heavy atom. The van der Waals surface area contributed by atoms with E-state index in [-0.39, 0.29) is 0 Å². The van der Waals surface area contributed by atoms with E-state index in [0.717, 1.165) is 19.3 Å². The normalized spacial score (nSPS) is 12.7. The summed E-state index contributed by atoms with van der Waals surface area (Å²) in [6, 6.07) is 19.3. The number of nitrogens with zero attached hydrogens (tertiary/aromatic N) is 1. The van der Waals surface area contributed by atoms with Crippen LogP contribution < -0.4 is 4.90 Å². The molecule has 1 aliphatic heterocycles. The van der Waals surface area contributed by atoms with Gasteiger partial charge in [0.1, 0.15) is 0 Å². The fourth-order valence-electron chi connectivity index (χ4n) is 2.61. The maximum absolute atomic E-state index is 9.00. The molecule has 0 radical (unpaired) electrons. The Hall–Kier alpha value is -2.40. The molecule has 0 spiro atoms. The molecule has 1 aromatic heterocycles. The van der Waals surface area contributed by atoms with Crippen molar-refractivity contribution in [2.45, 2.75) is 18.4 Å². The molecule has 0 saturated carbocycles. The summed E-state index contributed by atoms with van der Waals surface area (Å²) in [5.74, 6) is 0.203. The van der Waals surface area contributed by atoms with Gasteiger partial charge in [-0.2, -0.15) is 0 Å². The summed E-state index contributed by atoms with van der Waals surface area (Å²) in [5.41, 5.74) is 3.85. The third kappa shape index (κ3) is 3.68. The molecule has 23 heavy (non-hydrogen) atoms. The van der Waals surface area contributed by atoms with Crippen LogP contribution in [0.3, 0.4) is 0 Å². The third-order valence-electron chi connectivity index (χ3n) is 3.53. The highest BCUT2D eigenvalue weighted by atomic mass is 32.2. The van der Waals surface area contributed by atoms with E-state index in [2.05, 4.69) is 64.5 Å². The molecule has 3 aromatic rings. The first kappa shape index (κ1) is 15.5. The molecule has 0 amide bonds. The minimum Gasteiger partial charge on any atom is -0.481 e. The Morgan fingerprint density at radius 1 is 1.22 bits per heavy atom. The topological polar surface area (TPSA) is 56.3 Å². The van der Waals surface area contributed by atoms with Gasteiger partial charge in [0.2, 0.25) is 0 Å². The van der Waals surface area contributed by atoms with Gasteiger partial charge in [-0.15, -0.1) is 11.8 Å². The SMILES string of the molecule is CC(=O)O.c1ccc2c(c1)SCN2Cc1cc2ccccc2[nH]1. The molecule has 0 saturated heterocycles. The van der Waals surface area contributed by atoms with Gasteiger partial charge in [-0.1, -0.05) is 30.3 Å². The molecule has 2 aromatic carbocycles. The van der Waals surface area contributed by atoms with Gasteiger partial charge in [-0.05, 0) is 29.7 Å². The van der Waals surface area contributed by atoms with Crippen LogP contribution in [0.2, 0.25) is 0 Å². The number of nitrogens with one attached hydrogen (secondary N) is 1. The van der Waals surface area contributed by atoms with Gasteiger partial charge in [-0.25, -0.2) is 0 Å². The molecule has 5 heteroatoms. The highest BCUT2D eigenvalue weighted by molar-refractivity contribution is 7.99. The maximum atomic E-state index is 9.00. The van der Waals surface area contributed by atoms with Crippen molar-refractivity contribution in [2.75, 3.05) is 10.8 Å². The van der Waals surface area contributed by atoms with Crippen molar-refractivity contribution < 1.29 is 9.90 Å². The highest BCUT2D eigenvalue weighted by Crippen LogP contribution is 2.38. The molecule has 0 bridgehead atoms. The van der Waals surface area contributed by atoms with E-state index >= 15 is 0 Å². The molecule has 4 nitrogen and oxygen atoms in total. The van der Waals surface area contributed by atoms with E-state index in [1.54, 1.807) is 0 Å². The lowest BCUT2D eigenvalue weighted by Gasteiger charge is -2.17. The number of carbonyl (C=O) groups is 1. The van der Waals surface area contributed by atoms with E-state index < -0.39 is 5.97 Å². The number of fused-ring (bicyclic) bond motifs is 2. The number of aromatic nitrogens is 1. The summed E-state index contributed by atoms with van der Waals surface area (Å²) >= 11 is 1.91. The van der Waals surface area contributed by atoms with E-state index in [4.69, 9.17) is 9.90 Å². The van der Waals surface area contributed by atoms with Gasteiger partial charge < -0.3 is 15.0 Å². The molecule has 1 aliphatic rings. The summed E-state index contributed by atoms with van der Waals surface area (Å²) in [7, 11) is 0. The van der Waals surface area contributed by atoms with Gasteiger partial charge in [0, 0.05) is 23.0 Å². The van der Waals surface area contributed by atoms with Crippen molar-refractivity contribution in [1.82, 2.24) is 4.98 Å². The van der Waals surface area contributed by atoms with Gasteiger partial charge in [-0.3, -0.25) is 4.79 Å². The van der Waals surface area contributed by atoms with Gasteiger partial charge in [0.15, 0.2) is 0 Å². The average molecular weight is 326 g/mol. The monoisotopic (exact) mass is 326 g/mol. The van der Waals surface area contributed by atoms with Crippen LogP contribution in [0.5, 0.6) is 0 Å². The first-order valence-corrected chi connectivity index (χ1v) is 8.35. The standard InChI is InChI=1S/C16H14N2S.C2H4O2/c1-2-6-14-12(5-1)9-13(17-14)10-18-11-19-16-8-4-3-7-15(16)18;1-2(3)4/h1-9,17H,10-11H2;1H3,(H,3,4). The number of H-pyrrole nitrogens is 1. The molecule has 0 aliphatic carbocycles. The largest absolute Gasteiger partial charge is 0.481 e. The first-order valence-electron chi connectivity index (χ1n) is 7.36. The minimum absolute atomic E-state index is 0.833. The van der Waals surface area contributed by atoms with Crippen LogP contribution in [0.4, 0.5) is 5.69 Å². The Morgan fingerprint density at radius 2 is 1.91 bits per heavy atom. The number of aromatic amines is 1. The number of aliphatic carboxylic acids is 1. The van der Waals surface area contributed by atoms with Crippen LogP contribution in [0.25, 0.3) is 10.9 Å². The number of rotatable bonds is 2. The summed E-state index contributed by atoms with van der Waals surface area (Å²) < 4.78 is 0. The van der Waals surface area contributed by atoms with Crippen LogP contribution in [0.1, 0.15) is 12.6 Å². The van der Waals surface area contributed by atoms with Gasteiger partial charge in [0.05, 0.1) is 18.1 Å². The van der Waals surface area contributed by atoms with Crippen LogP contribution in [0, 0.1) is 0 Å². The van der Waals surface area contributed by atoms with Crippen molar-refractivity contribution in [3.05, 3.63) is 60.3 Å². The Kier molecular flexibility index (Phi) is 4.57. The number of hydrogen-bond donors (Lipinski definition) is 2.